The summed E-state index contributed by atoms with van der Waals surface area (Å²) in [6, 6.07) is 5.15. The first-order chi connectivity index (χ1) is 11.4. The van der Waals surface area contributed by atoms with Crippen LogP contribution in [0.4, 0.5) is 4.79 Å². The Bertz CT molecular complexity index is 562. The van der Waals surface area contributed by atoms with E-state index in [1.807, 2.05) is 25.1 Å². The van der Waals surface area contributed by atoms with Gasteiger partial charge in [-0.1, -0.05) is 19.9 Å². The summed E-state index contributed by atoms with van der Waals surface area (Å²) >= 11 is 0. The van der Waals surface area contributed by atoms with Gasteiger partial charge in [-0.05, 0) is 24.1 Å². The second-order valence-electron chi connectivity index (χ2n) is 5.61. The zero-order valence-electron chi connectivity index (χ0n) is 14.7. The lowest BCUT2D eigenvalue weighted by molar-refractivity contribution is -0.141. The van der Waals surface area contributed by atoms with E-state index >= 15 is 0 Å². The van der Waals surface area contributed by atoms with Crippen LogP contribution in [-0.4, -0.2) is 49.3 Å². The maximum absolute atomic E-state index is 12.0. The van der Waals surface area contributed by atoms with Gasteiger partial charge in [0.1, 0.15) is 0 Å². The van der Waals surface area contributed by atoms with Crippen LogP contribution in [0.5, 0.6) is 11.5 Å². The third kappa shape index (κ3) is 5.98. The Morgan fingerprint density at radius 1 is 1.33 bits per heavy atom. The van der Waals surface area contributed by atoms with Crippen LogP contribution in [0.25, 0.3) is 0 Å². The molecule has 0 fully saturated rings. The van der Waals surface area contributed by atoms with E-state index in [1.54, 1.807) is 21.1 Å². The Morgan fingerprint density at radius 2 is 2.04 bits per heavy atom. The number of hydrogen-bond acceptors (Lipinski definition) is 4. The minimum absolute atomic E-state index is 0.147. The maximum Gasteiger partial charge on any atom is 0.317 e. The summed E-state index contributed by atoms with van der Waals surface area (Å²) in [5, 5.41) is 11.6. The Balaban J connectivity index is 2.60. The number of ether oxygens (including phenoxy) is 2. The number of methoxy groups -OCH3 is 1. The molecule has 0 saturated heterocycles. The van der Waals surface area contributed by atoms with Crippen LogP contribution in [-0.2, 0) is 11.3 Å². The molecule has 0 aliphatic rings. The summed E-state index contributed by atoms with van der Waals surface area (Å²) in [4.78, 5) is 24.2. The van der Waals surface area contributed by atoms with Crippen molar-refractivity contribution in [2.24, 2.45) is 5.92 Å². The quantitative estimate of drug-likeness (QED) is 0.721. The average molecular weight is 338 g/mol. The number of rotatable bonds is 9. The van der Waals surface area contributed by atoms with Crippen LogP contribution in [0.2, 0.25) is 0 Å². The molecule has 2 N–H and O–H groups in total. The Labute approximate surface area is 142 Å². The highest BCUT2D eigenvalue weighted by Gasteiger charge is 2.17. The monoisotopic (exact) mass is 338 g/mol. The first kappa shape index (κ1) is 19.6. The molecule has 0 spiro atoms. The standard InChI is InChI=1S/C17H26N2O5/c1-5-8-24-14-7-6-13(9-15(14)23-4)10-18-17(22)19(3)11-12(2)16(20)21/h6-7,9,12H,5,8,10-11H2,1-4H3,(H,18,22)(H,20,21). The highest BCUT2D eigenvalue weighted by Crippen LogP contribution is 2.28. The minimum atomic E-state index is -0.929. The van der Waals surface area contributed by atoms with Gasteiger partial charge in [0.05, 0.1) is 19.6 Å². The molecule has 0 aromatic heterocycles. The molecule has 0 bridgehead atoms. The summed E-state index contributed by atoms with van der Waals surface area (Å²) < 4.78 is 10.9. The molecule has 1 unspecified atom stereocenters. The van der Waals surface area contributed by atoms with Gasteiger partial charge in [0.25, 0.3) is 0 Å². The van der Waals surface area contributed by atoms with Crippen LogP contribution < -0.4 is 14.8 Å². The topological polar surface area (TPSA) is 88.1 Å². The first-order valence-corrected chi connectivity index (χ1v) is 7.90. The van der Waals surface area contributed by atoms with Crippen molar-refractivity contribution >= 4 is 12.0 Å². The van der Waals surface area contributed by atoms with Crippen molar-refractivity contribution in [2.45, 2.75) is 26.8 Å². The molecule has 7 heteroatoms. The van der Waals surface area contributed by atoms with Crippen molar-refractivity contribution in [1.82, 2.24) is 10.2 Å². The van der Waals surface area contributed by atoms with E-state index in [-0.39, 0.29) is 12.6 Å². The SMILES string of the molecule is CCCOc1ccc(CNC(=O)N(C)CC(C)C(=O)O)cc1OC. The molecule has 0 radical (unpaired) electrons. The fourth-order valence-electron chi connectivity index (χ4n) is 2.04. The second kappa shape index (κ2) is 9.64. The molecule has 1 aromatic rings. The zero-order valence-corrected chi connectivity index (χ0v) is 14.7. The molecule has 0 aliphatic carbocycles. The lowest BCUT2D eigenvalue weighted by atomic mass is 10.2. The van der Waals surface area contributed by atoms with Gasteiger partial charge in [-0.2, -0.15) is 0 Å². The third-order valence-corrected chi connectivity index (χ3v) is 3.45. The number of aliphatic carboxylic acids is 1. The Morgan fingerprint density at radius 3 is 2.62 bits per heavy atom. The summed E-state index contributed by atoms with van der Waals surface area (Å²) in [5.41, 5.74) is 0.865. The molecule has 0 heterocycles. The van der Waals surface area contributed by atoms with Crippen molar-refractivity contribution in [3.05, 3.63) is 23.8 Å². The van der Waals surface area contributed by atoms with E-state index in [2.05, 4.69) is 5.32 Å². The number of carboxylic acids is 1. The van der Waals surface area contributed by atoms with Crippen molar-refractivity contribution in [2.75, 3.05) is 27.3 Å². The summed E-state index contributed by atoms with van der Waals surface area (Å²) in [5.74, 6) is -0.261. The number of nitrogens with zero attached hydrogens (tertiary/aromatic N) is 1. The van der Waals surface area contributed by atoms with E-state index in [4.69, 9.17) is 14.6 Å². The number of carbonyl (C=O) groups is 2. The van der Waals surface area contributed by atoms with Crippen LogP contribution in [0.1, 0.15) is 25.8 Å². The number of hydrogen-bond donors (Lipinski definition) is 2. The largest absolute Gasteiger partial charge is 0.493 e. The number of amides is 2. The molecule has 0 saturated carbocycles. The van der Waals surface area contributed by atoms with Gasteiger partial charge in [-0.15, -0.1) is 0 Å². The van der Waals surface area contributed by atoms with Crippen molar-refractivity contribution in [3.63, 3.8) is 0 Å². The third-order valence-electron chi connectivity index (χ3n) is 3.45. The summed E-state index contributed by atoms with van der Waals surface area (Å²) in [7, 11) is 3.13. The van der Waals surface area contributed by atoms with E-state index in [0.29, 0.717) is 24.7 Å². The smallest absolute Gasteiger partial charge is 0.317 e. The fraction of sp³-hybridized carbons (Fsp3) is 0.529. The van der Waals surface area contributed by atoms with Gasteiger partial charge >= 0.3 is 12.0 Å². The van der Waals surface area contributed by atoms with Crippen molar-refractivity contribution < 1.29 is 24.2 Å². The predicted octanol–water partition coefficient (Wildman–Crippen LogP) is 2.35. The average Bonchev–Trinajstić information content (AvgIpc) is 2.57. The highest BCUT2D eigenvalue weighted by molar-refractivity contribution is 5.75. The van der Waals surface area contributed by atoms with Crippen LogP contribution in [0.15, 0.2) is 18.2 Å². The van der Waals surface area contributed by atoms with E-state index in [1.165, 1.54) is 4.90 Å². The number of nitrogens with one attached hydrogen (secondary N) is 1. The van der Waals surface area contributed by atoms with E-state index < -0.39 is 11.9 Å². The molecule has 1 aromatic carbocycles. The van der Waals surface area contributed by atoms with Gasteiger partial charge in [-0.3, -0.25) is 4.79 Å². The van der Waals surface area contributed by atoms with Crippen molar-refractivity contribution in [3.8, 4) is 11.5 Å². The number of urea groups is 1. The second-order valence-corrected chi connectivity index (χ2v) is 5.61. The normalized spacial score (nSPS) is 11.5. The van der Waals surface area contributed by atoms with E-state index in [0.717, 1.165) is 12.0 Å². The van der Waals surface area contributed by atoms with Gasteiger partial charge < -0.3 is 24.8 Å². The first-order valence-electron chi connectivity index (χ1n) is 7.90. The molecule has 134 valence electrons. The molecular formula is C17H26N2O5. The predicted molar refractivity (Wildman–Crippen MR) is 90.4 cm³/mol. The number of carboxylic acid groups (broad SMARTS) is 1. The maximum atomic E-state index is 12.0. The van der Waals surface area contributed by atoms with Crippen molar-refractivity contribution in [1.29, 1.82) is 0 Å². The molecule has 2 amide bonds. The molecule has 1 rings (SSSR count). The lowest BCUT2D eigenvalue weighted by Gasteiger charge is -2.20. The number of benzene rings is 1. The Kier molecular flexibility index (Phi) is 7.88. The fourth-order valence-corrected chi connectivity index (χ4v) is 2.04. The summed E-state index contributed by atoms with van der Waals surface area (Å²) in [6.45, 7) is 4.66. The zero-order chi connectivity index (χ0) is 18.1. The van der Waals surface area contributed by atoms with Crippen LogP contribution >= 0.6 is 0 Å². The number of carbonyl (C=O) groups excluding carboxylic acids is 1. The van der Waals surface area contributed by atoms with Crippen LogP contribution in [0, 0.1) is 5.92 Å². The Hall–Kier alpha value is -2.44. The van der Waals surface area contributed by atoms with Gasteiger partial charge in [0, 0.05) is 20.1 Å². The van der Waals surface area contributed by atoms with E-state index in [9.17, 15) is 9.59 Å². The molecule has 7 nitrogen and oxygen atoms in total. The van der Waals surface area contributed by atoms with Gasteiger partial charge in [-0.25, -0.2) is 4.79 Å². The molecule has 0 aliphatic heterocycles. The molecular weight excluding hydrogens is 312 g/mol. The molecule has 24 heavy (non-hydrogen) atoms. The summed E-state index contributed by atoms with van der Waals surface area (Å²) in [6.07, 6.45) is 0.905. The lowest BCUT2D eigenvalue weighted by Crippen LogP contribution is -2.40. The van der Waals surface area contributed by atoms with Crippen LogP contribution in [0.3, 0.4) is 0 Å². The highest BCUT2D eigenvalue weighted by atomic mass is 16.5. The van der Waals surface area contributed by atoms with Gasteiger partial charge in [0.2, 0.25) is 0 Å². The minimum Gasteiger partial charge on any atom is -0.493 e. The van der Waals surface area contributed by atoms with Gasteiger partial charge in [0.15, 0.2) is 11.5 Å². The molecule has 1 atom stereocenters.